The molecule has 0 aliphatic carbocycles. The van der Waals surface area contributed by atoms with Crippen molar-refractivity contribution in [3.8, 4) is 10.4 Å². The maximum absolute atomic E-state index is 13.2. The molecule has 0 bridgehead atoms. The monoisotopic (exact) mass is 456 g/mol. The molecule has 4 rings (SSSR count). The van der Waals surface area contributed by atoms with Gasteiger partial charge in [-0.15, -0.1) is 0 Å². The number of carbonyl (C=O) groups excluding carboxylic acids is 1. The molecule has 1 aromatic carbocycles. The first-order valence-corrected chi connectivity index (χ1v) is 11.2. The number of halogens is 1. The summed E-state index contributed by atoms with van der Waals surface area (Å²) in [5.41, 5.74) is 2.05. The van der Waals surface area contributed by atoms with E-state index in [4.69, 9.17) is 9.47 Å². The fourth-order valence-corrected chi connectivity index (χ4v) is 4.49. The highest BCUT2D eigenvalue weighted by molar-refractivity contribution is 7.18. The zero-order valence-corrected chi connectivity index (χ0v) is 18.6. The van der Waals surface area contributed by atoms with Crippen molar-refractivity contribution < 1.29 is 18.7 Å². The van der Waals surface area contributed by atoms with Crippen LogP contribution in [0.4, 0.5) is 15.3 Å². The second-order valence-electron chi connectivity index (χ2n) is 7.67. The average Bonchev–Trinajstić information content (AvgIpc) is 3.14. The van der Waals surface area contributed by atoms with E-state index in [0.717, 1.165) is 40.6 Å². The van der Waals surface area contributed by atoms with Gasteiger partial charge in [0, 0.05) is 25.5 Å². The SMILES string of the molecule is COC(=O)CN1CCOC[C@H](Cc2ccnc(Nc3ncc(-c4ccc(F)cc4)s3)c2)C1. The fraction of sp³-hybridized carbons (Fsp3) is 0.348. The van der Waals surface area contributed by atoms with Crippen molar-refractivity contribution in [1.82, 2.24) is 14.9 Å². The van der Waals surface area contributed by atoms with Gasteiger partial charge in [-0.1, -0.05) is 23.5 Å². The number of rotatable bonds is 7. The van der Waals surface area contributed by atoms with Crippen LogP contribution in [-0.4, -0.2) is 60.8 Å². The van der Waals surface area contributed by atoms with Crippen LogP contribution in [0.1, 0.15) is 5.56 Å². The Labute approximate surface area is 190 Å². The molecule has 7 nitrogen and oxygen atoms in total. The summed E-state index contributed by atoms with van der Waals surface area (Å²) < 4.78 is 23.7. The number of aromatic nitrogens is 2. The molecule has 32 heavy (non-hydrogen) atoms. The Morgan fingerprint density at radius 2 is 2.16 bits per heavy atom. The van der Waals surface area contributed by atoms with Crippen LogP contribution < -0.4 is 5.32 Å². The Morgan fingerprint density at radius 1 is 1.31 bits per heavy atom. The largest absolute Gasteiger partial charge is 0.468 e. The lowest BCUT2D eigenvalue weighted by atomic mass is 10.0. The van der Waals surface area contributed by atoms with Gasteiger partial charge in [-0.3, -0.25) is 9.69 Å². The molecule has 9 heteroatoms. The normalized spacial score (nSPS) is 17.0. The van der Waals surface area contributed by atoms with E-state index in [9.17, 15) is 9.18 Å². The molecule has 1 aliphatic heterocycles. The van der Waals surface area contributed by atoms with E-state index < -0.39 is 0 Å². The summed E-state index contributed by atoms with van der Waals surface area (Å²) >= 11 is 1.48. The summed E-state index contributed by atoms with van der Waals surface area (Å²) in [6.45, 7) is 3.02. The van der Waals surface area contributed by atoms with Gasteiger partial charge in [-0.05, 0) is 47.7 Å². The Hall–Kier alpha value is -2.88. The summed E-state index contributed by atoms with van der Waals surface area (Å²) in [5, 5.41) is 3.98. The minimum Gasteiger partial charge on any atom is -0.468 e. The summed E-state index contributed by atoms with van der Waals surface area (Å²) in [5.74, 6) is 0.487. The van der Waals surface area contributed by atoms with Crippen molar-refractivity contribution >= 4 is 28.3 Å². The lowest BCUT2D eigenvalue weighted by Crippen LogP contribution is -2.35. The number of esters is 1. The van der Waals surface area contributed by atoms with Gasteiger partial charge in [-0.2, -0.15) is 0 Å². The van der Waals surface area contributed by atoms with E-state index in [1.165, 1.54) is 30.6 Å². The minimum atomic E-state index is -0.259. The van der Waals surface area contributed by atoms with Crippen LogP contribution >= 0.6 is 11.3 Å². The van der Waals surface area contributed by atoms with Crippen molar-refractivity contribution in [3.05, 3.63) is 60.2 Å². The molecule has 1 aliphatic rings. The highest BCUT2D eigenvalue weighted by Gasteiger charge is 2.21. The van der Waals surface area contributed by atoms with Gasteiger partial charge in [-0.25, -0.2) is 14.4 Å². The third-order valence-electron chi connectivity index (χ3n) is 5.22. The summed E-state index contributed by atoms with van der Waals surface area (Å²) in [4.78, 5) is 23.5. The first-order valence-electron chi connectivity index (χ1n) is 10.4. The van der Waals surface area contributed by atoms with Gasteiger partial charge in [0.15, 0.2) is 5.13 Å². The molecule has 3 heterocycles. The van der Waals surface area contributed by atoms with Crippen LogP contribution in [0.15, 0.2) is 48.8 Å². The standard InChI is InChI=1S/C23H25FN4O3S/c1-30-22(29)14-28-8-9-31-15-17(13-28)10-16-6-7-25-21(11-16)27-23-26-12-20(32-23)18-2-4-19(24)5-3-18/h2-7,11-12,17H,8-10,13-15H2,1H3,(H,25,26,27)/t17-/m1/s1. The van der Waals surface area contributed by atoms with E-state index >= 15 is 0 Å². The Morgan fingerprint density at radius 3 is 2.97 bits per heavy atom. The Bertz CT molecular complexity index is 1040. The summed E-state index contributed by atoms with van der Waals surface area (Å²) in [7, 11) is 1.41. The zero-order valence-electron chi connectivity index (χ0n) is 17.8. The molecule has 2 aromatic heterocycles. The van der Waals surface area contributed by atoms with Crippen LogP contribution in [0.2, 0.25) is 0 Å². The van der Waals surface area contributed by atoms with Crippen LogP contribution in [0.25, 0.3) is 10.4 Å². The first kappa shape index (κ1) is 22.3. The Kier molecular flexibility index (Phi) is 7.41. The predicted octanol–water partition coefficient (Wildman–Crippen LogP) is 3.75. The Balaban J connectivity index is 1.39. The maximum Gasteiger partial charge on any atom is 0.319 e. The lowest BCUT2D eigenvalue weighted by Gasteiger charge is -2.22. The predicted molar refractivity (Wildman–Crippen MR) is 121 cm³/mol. The van der Waals surface area contributed by atoms with Gasteiger partial charge >= 0.3 is 5.97 Å². The van der Waals surface area contributed by atoms with Gasteiger partial charge in [0.1, 0.15) is 11.6 Å². The number of benzene rings is 1. The highest BCUT2D eigenvalue weighted by atomic mass is 32.1. The summed E-state index contributed by atoms with van der Waals surface area (Å²) in [6.07, 6.45) is 4.35. The summed E-state index contributed by atoms with van der Waals surface area (Å²) in [6, 6.07) is 10.4. The van der Waals surface area contributed by atoms with Crippen LogP contribution in [-0.2, 0) is 20.7 Å². The average molecular weight is 457 g/mol. The molecule has 1 atom stereocenters. The quantitative estimate of drug-likeness (QED) is 0.543. The topological polar surface area (TPSA) is 76.6 Å². The molecule has 0 amide bonds. The van der Waals surface area contributed by atoms with Crippen molar-refractivity contribution in [2.24, 2.45) is 5.92 Å². The molecule has 0 spiro atoms. The first-order chi connectivity index (χ1) is 15.6. The smallest absolute Gasteiger partial charge is 0.319 e. The number of nitrogens with one attached hydrogen (secondary N) is 1. The number of methoxy groups -OCH3 is 1. The van der Waals surface area contributed by atoms with Crippen LogP contribution in [0.3, 0.4) is 0 Å². The van der Waals surface area contributed by atoms with Gasteiger partial charge < -0.3 is 14.8 Å². The third-order valence-corrected chi connectivity index (χ3v) is 6.18. The van der Waals surface area contributed by atoms with E-state index in [1.54, 1.807) is 24.5 Å². The number of hydrogen-bond acceptors (Lipinski definition) is 8. The van der Waals surface area contributed by atoms with Crippen molar-refractivity contribution in [1.29, 1.82) is 0 Å². The number of ether oxygens (including phenoxy) is 2. The highest BCUT2D eigenvalue weighted by Crippen LogP contribution is 2.30. The molecular formula is C23H25FN4O3S. The second-order valence-corrected chi connectivity index (χ2v) is 8.70. The lowest BCUT2D eigenvalue weighted by molar-refractivity contribution is -0.142. The second kappa shape index (κ2) is 10.6. The molecule has 1 N–H and O–H groups in total. The van der Waals surface area contributed by atoms with Crippen molar-refractivity contribution in [2.75, 3.05) is 45.3 Å². The number of pyridine rings is 1. The molecule has 0 unspecified atom stereocenters. The van der Waals surface area contributed by atoms with E-state index in [2.05, 4.69) is 20.2 Å². The minimum absolute atomic E-state index is 0.232. The van der Waals surface area contributed by atoms with Gasteiger partial charge in [0.05, 0.1) is 31.7 Å². The molecule has 1 fully saturated rings. The van der Waals surface area contributed by atoms with Crippen LogP contribution in [0, 0.1) is 11.7 Å². The third kappa shape index (κ3) is 6.09. The van der Waals surface area contributed by atoms with Crippen LogP contribution in [0.5, 0.6) is 0 Å². The maximum atomic E-state index is 13.2. The molecule has 0 saturated carbocycles. The van der Waals surface area contributed by atoms with E-state index in [1.807, 2.05) is 12.1 Å². The number of hydrogen-bond donors (Lipinski definition) is 1. The van der Waals surface area contributed by atoms with Crippen molar-refractivity contribution in [3.63, 3.8) is 0 Å². The number of carbonyl (C=O) groups is 1. The molecule has 0 radical (unpaired) electrons. The number of nitrogens with zero attached hydrogens (tertiary/aromatic N) is 3. The molecule has 1 saturated heterocycles. The molecule has 168 valence electrons. The fourth-order valence-electron chi connectivity index (χ4n) is 3.66. The van der Waals surface area contributed by atoms with Crippen molar-refractivity contribution in [2.45, 2.75) is 6.42 Å². The van der Waals surface area contributed by atoms with E-state index in [0.29, 0.717) is 19.0 Å². The molecule has 3 aromatic rings. The van der Waals surface area contributed by atoms with Gasteiger partial charge in [0.25, 0.3) is 0 Å². The number of thiazole rings is 1. The molecular weight excluding hydrogens is 431 g/mol. The van der Waals surface area contributed by atoms with Gasteiger partial charge in [0.2, 0.25) is 0 Å². The van der Waals surface area contributed by atoms with E-state index in [-0.39, 0.29) is 24.2 Å². The zero-order chi connectivity index (χ0) is 22.3. The number of anilines is 2.